The molecule has 0 spiro atoms. The molecule has 0 radical (unpaired) electrons. The molecule has 0 aromatic heterocycles. The van der Waals surface area contributed by atoms with E-state index >= 15 is 0 Å². The summed E-state index contributed by atoms with van der Waals surface area (Å²) in [6.45, 7) is 0. The summed E-state index contributed by atoms with van der Waals surface area (Å²) in [5.74, 6) is 0.234. The molecule has 0 aliphatic heterocycles. The maximum Gasteiger partial charge on any atom is 0.227 e. The Balaban J connectivity index is 0.00000196. The quantitative estimate of drug-likeness (QED) is 0.773. The molecule has 2 aliphatic rings. The van der Waals surface area contributed by atoms with Gasteiger partial charge in [0.25, 0.3) is 0 Å². The van der Waals surface area contributed by atoms with Gasteiger partial charge in [-0.1, -0.05) is 42.8 Å². The van der Waals surface area contributed by atoms with Gasteiger partial charge in [0.2, 0.25) is 5.91 Å². The number of carbonyl (C=O) groups excluding carboxylic acids is 1. The Labute approximate surface area is 161 Å². The van der Waals surface area contributed by atoms with Crippen LogP contribution in [0.25, 0.3) is 0 Å². The number of halogens is 1. The minimum atomic E-state index is -0.216. The number of anilines is 1. The number of nitrogen functional groups attached to an aromatic ring is 1. The molecule has 1 saturated carbocycles. The molecule has 1 fully saturated rings. The number of rotatable bonds is 4. The van der Waals surface area contributed by atoms with Crippen molar-refractivity contribution in [1.29, 1.82) is 0 Å². The molecule has 4 heteroatoms. The van der Waals surface area contributed by atoms with E-state index in [0.717, 1.165) is 50.6 Å². The smallest absolute Gasteiger partial charge is 0.227 e. The van der Waals surface area contributed by atoms with Crippen LogP contribution < -0.4 is 11.1 Å². The lowest BCUT2D eigenvalue weighted by Gasteiger charge is -2.42. The Hall–Kier alpha value is -2.00. The van der Waals surface area contributed by atoms with Gasteiger partial charge in [0.15, 0.2) is 0 Å². The Bertz CT molecular complexity index is 771. The molecule has 3 nitrogen and oxygen atoms in total. The first-order valence-electron chi connectivity index (χ1n) is 9.39. The molecule has 0 heterocycles. The van der Waals surface area contributed by atoms with Gasteiger partial charge in [-0.2, -0.15) is 0 Å². The van der Waals surface area contributed by atoms with Crippen molar-refractivity contribution in [1.82, 2.24) is 5.32 Å². The second-order valence-corrected chi connectivity index (χ2v) is 7.67. The van der Waals surface area contributed by atoms with Crippen LogP contribution >= 0.6 is 12.4 Å². The van der Waals surface area contributed by atoms with Gasteiger partial charge in [-0.25, -0.2) is 0 Å². The van der Waals surface area contributed by atoms with Crippen molar-refractivity contribution >= 4 is 24.0 Å². The first-order valence-corrected chi connectivity index (χ1v) is 9.39. The SMILES string of the molecule is Cl.Nc1ccc2c(c1)CCCC2NC(=O)C1(Cc2ccccc2)CCC1. The Kier molecular flexibility index (Phi) is 5.57. The molecule has 3 N–H and O–H groups in total. The van der Waals surface area contributed by atoms with E-state index in [-0.39, 0.29) is 29.8 Å². The zero-order chi connectivity index (χ0) is 17.3. The van der Waals surface area contributed by atoms with Crippen LogP contribution in [0.1, 0.15) is 54.8 Å². The first kappa shape index (κ1) is 18.8. The molecule has 2 aromatic rings. The number of nitrogens with one attached hydrogen (secondary N) is 1. The van der Waals surface area contributed by atoms with E-state index in [1.165, 1.54) is 16.7 Å². The predicted molar refractivity (Wildman–Crippen MR) is 108 cm³/mol. The van der Waals surface area contributed by atoms with Gasteiger partial charge in [0.05, 0.1) is 11.5 Å². The molecule has 26 heavy (non-hydrogen) atoms. The summed E-state index contributed by atoms with van der Waals surface area (Å²) in [7, 11) is 0. The summed E-state index contributed by atoms with van der Waals surface area (Å²) in [5, 5.41) is 3.38. The third-order valence-electron chi connectivity index (χ3n) is 5.96. The largest absolute Gasteiger partial charge is 0.399 e. The highest BCUT2D eigenvalue weighted by Crippen LogP contribution is 2.45. The van der Waals surface area contributed by atoms with Crippen molar-refractivity contribution < 1.29 is 4.79 Å². The van der Waals surface area contributed by atoms with Crippen LogP contribution in [0.5, 0.6) is 0 Å². The maximum absolute atomic E-state index is 13.2. The molecule has 1 unspecified atom stereocenters. The van der Waals surface area contributed by atoms with Gasteiger partial charge in [-0.15, -0.1) is 12.4 Å². The van der Waals surface area contributed by atoms with Crippen LogP contribution in [-0.2, 0) is 17.6 Å². The first-order chi connectivity index (χ1) is 12.2. The van der Waals surface area contributed by atoms with Gasteiger partial charge in [-0.05, 0) is 67.3 Å². The molecular weight excluding hydrogens is 344 g/mol. The Morgan fingerprint density at radius 2 is 1.88 bits per heavy atom. The molecule has 4 rings (SSSR count). The zero-order valence-electron chi connectivity index (χ0n) is 15.0. The fraction of sp³-hybridized carbons (Fsp3) is 0.409. The van der Waals surface area contributed by atoms with Crippen LogP contribution in [0.3, 0.4) is 0 Å². The highest BCUT2D eigenvalue weighted by Gasteiger charge is 2.44. The number of carbonyl (C=O) groups is 1. The average molecular weight is 371 g/mol. The van der Waals surface area contributed by atoms with Gasteiger partial charge < -0.3 is 11.1 Å². The summed E-state index contributed by atoms with van der Waals surface area (Å²) in [4.78, 5) is 13.2. The number of aryl methyl sites for hydroxylation is 1. The Morgan fingerprint density at radius 1 is 1.12 bits per heavy atom. The van der Waals surface area contributed by atoms with Gasteiger partial charge in [0.1, 0.15) is 0 Å². The van der Waals surface area contributed by atoms with E-state index in [9.17, 15) is 4.79 Å². The lowest BCUT2D eigenvalue weighted by Crippen LogP contribution is -2.48. The van der Waals surface area contributed by atoms with E-state index in [0.29, 0.717) is 0 Å². The number of hydrogen-bond donors (Lipinski definition) is 2. The van der Waals surface area contributed by atoms with Gasteiger partial charge in [0, 0.05) is 5.69 Å². The fourth-order valence-corrected chi connectivity index (χ4v) is 4.37. The summed E-state index contributed by atoms with van der Waals surface area (Å²) >= 11 is 0. The third kappa shape index (κ3) is 3.59. The molecule has 0 saturated heterocycles. The number of amides is 1. The molecule has 1 atom stereocenters. The van der Waals surface area contributed by atoms with E-state index in [4.69, 9.17) is 5.73 Å². The molecule has 138 valence electrons. The standard InChI is InChI=1S/C22H26N2O.ClH/c23-18-10-11-19-17(14-18)8-4-9-20(19)24-21(25)22(12-5-13-22)15-16-6-2-1-3-7-16;/h1-3,6-7,10-11,14,20H,4-5,8-9,12-13,15,23H2,(H,24,25);1H. The predicted octanol–water partition coefficient (Wildman–Crippen LogP) is 4.60. The van der Waals surface area contributed by atoms with E-state index in [2.05, 4.69) is 41.7 Å². The molecule has 0 bridgehead atoms. The van der Waals surface area contributed by atoms with Crippen molar-refractivity contribution in [2.75, 3.05) is 5.73 Å². The third-order valence-corrected chi connectivity index (χ3v) is 5.96. The van der Waals surface area contributed by atoms with Crippen molar-refractivity contribution in [2.45, 2.75) is 51.0 Å². The van der Waals surface area contributed by atoms with Crippen LogP contribution in [-0.4, -0.2) is 5.91 Å². The maximum atomic E-state index is 13.2. The summed E-state index contributed by atoms with van der Waals surface area (Å²) < 4.78 is 0. The number of nitrogens with two attached hydrogens (primary N) is 1. The van der Waals surface area contributed by atoms with E-state index in [1.807, 2.05) is 12.1 Å². The zero-order valence-corrected chi connectivity index (χ0v) is 15.9. The minimum absolute atomic E-state index is 0. The van der Waals surface area contributed by atoms with Gasteiger partial charge >= 0.3 is 0 Å². The van der Waals surface area contributed by atoms with Crippen molar-refractivity contribution in [3.05, 3.63) is 65.2 Å². The van der Waals surface area contributed by atoms with Crippen molar-refractivity contribution in [2.24, 2.45) is 5.41 Å². The Morgan fingerprint density at radius 3 is 2.58 bits per heavy atom. The number of benzene rings is 2. The lowest BCUT2D eigenvalue weighted by atomic mass is 9.64. The minimum Gasteiger partial charge on any atom is -0.399 e. The molecule has 2 aliphatic carbocycles. The lowest BCUT2D eigenvalue weighted by molar-refractivity contribution is -0.136. The van der Waals surface area contributed by atoms with Crippen LogP contribution in [0.2, 0.25) is 0 Å². The second kappa shape index (κ2) is 7.71. The van der Waals surface area contributed by atoms with Crippen molar-refractivity contribution in [3.8, 4) is 0 Å². The summed E-state index contributed by atoms with van der Waals surface area (Å²) in [5.41, 5.74) is 10.3. The normalized spacial score (nSPS) is 20.2. The highest BCUT2D eigenvalue weighted by atomic mass is 35.5. The van der Waals surface area contributed by atoms with E-state index < -0.39 is 0 Å². The average Bonchev–Trinajstić information content (AvgIpc) is 2.59. The highest BCUT2D eigenvalue weighted by molar-refractivity contribution is 5.85. The monoisotopic (exact) mass is 370 g/mol. The summed E-state index contributed by atoms with van der Waals surface area (Å²) in [6, 6.07) is 16.6. The second-order valence-electron chi connectivity index (χ2n) is 7.67. The topological polar surface area (TPSA) is 55.1 Å². The fourth-order valence-electron chi connectivity index (χ4n) is 4.37. The van der Waals surface area contributed by atoms with Crippen LogP contribution in [0.4, 0.5) is 5.69 Å². The molecular formula is C22H27ClN2O. The van der Waals surface area contributed by atoms with Crippen LogP contribution in [0.15, 0.2) is 48.5 Å². The van der Waals surface area contributed by atoms with Gasteiger partial charge in [-0.3, -0.25) is 4.79 Å². The summed E-state index contributed by atoms with van der Waals surface area (Å²) in [6.07, 6.45) is 7.17. The van der Waals surface area contributed by atoms with Crippen molar-refractivity contribution in [3.63, 3.8) is 0 Å². The molecule has 2 aromatic carbocycles. The van der Waals surface area contributed by atoms with Crippen LogP contribution in [0, 0.1) is 5.41 Å². The molecule has 1 amide bonds. The number of hydrogen-bond acceptors (Lipinski definition) is 2. The van der Waals surface area contributed by atoms with E-state index in [1.54, 1.807) is 0 Å². The number of fused-ring (bicyclic) bond motifs is 1.